The Bertz CT molecular complexity index is 565. The molecule has 0 bridgehead atoms. The SMILES string of the molecule is C[C@H]1C[C@@H]1c1ccc(CCC(=O)N2CCC3(CC2)OCCO3)o1. The van der Waals surface area contributed by atoms with Crippen LogP contribution in [0.2, 0.25) is 0 Å². The first kappa shape index (κ1) is 15.2. The standard InChI is InChI=1S/C18H25NO4/c1-13-12-15(13)16-4-2-14(23-16)3-5-17(20)19-8-6-18(7-9-19)21-10-11-22-18/h2,4,13,15H,3,5-12H2,1H3/t13-,15-/m0/s1. The minimum atomic E-state index is -0.409. The van der Waals surface area contributed by atoms with Gasteiger partial charge >= 0.3 is 0 Å². The van der Waals surface area contributed by atoms with Crippen molar-refractivity contribution < 1.29 is 18.7 Å². The lowest BCUT2D eigenvalue weighted by Crippen LogP contribution is -2.47. The molecule has 2 saturated heterocycles. The van der Waals surface area contributed by atoms with Gasteiger partial charge in [-0.15, -0.1) is 0 Å². The molecule has 3 heterocycles. The number of carbonyl (C=O) groups excluding carboxylic acids is 1. The van der Waals surface area contributed by atoms with E-state index in [0.29, 0.717) is 32.0 Å². The molecule has 4 rings (SSSR count). The Hall–Kier alpha value is -1.33. The third-order valence-corrected chi connectivity index (χ3v) is 5.43. The first-order valence-corrected chi connectivity index (χ1v) is 8.79. The van der Waals surface area contributed by atoms with E-state index in [1.807, 2.05) is 11.0 Å². The maximum absolute atomic E-state index is 12.4. The number of aryl methyl sites for hydroxylation is 1. The Morgan fingerprint density at radius 1 is 1.26 bits per heavy atom. The van der Waals surface area contributed by atoms with Gasteiger partial charge in [-0.2, -0.15) is 0 Å². The molecule has 1 saturated carbocycles. The van der Waals surface area contributed by atoms with Crippen molar-refractivity contribution in [3.8, 4) is 0 Å². The normalized spacial score (nSPS) is 29.2. The molecule has 2 atom stereocenters. The summed E-state index contributed by atoms with van der Waals surface area (Å²) in [6.07, 6.45) is 3.99. The Kier molecular flexibility index (Phi) is 3.93. The zero-order valence-corrected chi connectivity index (χ0v) is 13.8. The third-order valence-electron chi connectivity index (χ3n) is 5.43. The van der Waals surface area contributed by atoms with Gasteiger partial charge in [-0.05, 0) is 24.5 Å². The topological polar surface area (TPSA) is 51.9 Å². The van der Waals surface area contributed by atoms with Crippen molar-refractivity contribution in [3.63, 3.8) is 0 Å². The number of hydrogen-bond acceptors (Lipinski definition) is 4. The number of ether oxygens (including phenoxy) is 2. The van der Waals surface area contributed by atoms with Crippen LogP contribution >= 0.6 is 0 Å². The van der Waals surface area contributed by atoms with E-state index in [1.165, 1.54) is 6.42 Å². The van der Waals surface area contributed by atoms with Gasteiger partial charge in [-0.1, -0.05) is 6.92 Å². The fourth-order valence-electron chi connectivity index (χ4n) is 3.72. The molecule has 0 N–H and O–H groups in total. The van der Waals surface area contributed by atoms with E-state index in [4.69, 9.17) is 13.9 Å². The summed E-state index contributed by atoms with van der Waals surface area (Å²) in [6.45, 7) is 5.05. The van der Waals surface area contributed by atoms with Crippen molar-refractivity contribution in [1.82, 2.24) is 4.90 Å². The lowest BCUT2D eigenvalue weighted by Gasteiger charge is -2.37. The highest BCUT2D eigenvalue weighted by atomic mass is 16.7. The average molecular weight is 319 g/mol. The lowest BCUT2D eigenvalue weighted by atomic mass is 10.0. The minimum Gasteiger partial charge on any atom is -0.466 e. The molecule has 126 valence electrons. The molecule has 1 aromatic heterocycles. The van der Waals surface area contributed by atoms with Crippen LogP contribution in [0.25, 0.3) is 0 Å². The maximum atomic E-state index is 12.4. The highest BCUT2D eigenvalue weighted by Gasteiger charge is 2.40. The number of rotatable bonds is 4. The smallest absolute Gasteiger partial charge is 0.223 e. The zero-order chi connectivity index (χ0) is 15.9. The molecule has 0 unspecified atom stereocenters. The molecule has 1 spiro atoms. The molecule has 5 heteroatoms. The number of amides is 1. The van der Waals surface area contributed by atoms with E-state index < -0.39 is 5.79 Å². The highest BCUT2D eigenvalue weighted by Crippen LogP contribution is 2.47. The molecule has 0 radical (unpaired) electrons. The van der Waals surface area contributed by atoms with Gasteiger partial charge in [-0.3, -0.25) is 4.79 Å². The lowest BCUT2D eigenvalue weighted by molar-refractivity contribution is -0.187. The highest BCUT2D eigenvalue weighted by molar-refractivity contribution is 5.76. The third kappa shape index (κ3) is 3.17. The van der Waals surface area contributed by atoms with Gasteiger partial charge in [0, 0.05) is 44.7 Å². The van der Waals surface area contributed by atoms with Gasteiger partial charge in [0.1, 0.15) is 11.5 Å². The zero-order valence-electron chi connectivity index (χ0n) is 13.8. The number of piperidine rings is 1. The summed E-state index contributed by atoms with van der Waals surface area (Å²) < 4.78 is 17.3. The van der Waals surface area contributed by atoms with Crippen LogP contribution in [0.5, 0.6) is 0 Å². The number of nitrogens with zero attached hydrogens (tertiary/aromatic N) is 1. The average Bonchev–Trinajstić information content (AvgIpc) is 2.96. The van der Waals surface area contributed by atoms with Gasteiger partial charge in [-0.25, -0.2) is 0 Å². The van der Waals surface area contributed by atoms with Gasteiger partial charge in [0.05, 0.1) is 13.2 Å². The van der Waals surface area contributed by atoms with Crippen LogP contribution in [0, 0.1) is 5.92 Å². The number of likely N-dealkylation sites (tertiary alicyclic amines) is 1. The van der Waals surface area contributed by atoms with E-state index in [0.717, 1.165) is 43.4 Å². The van der Waals surface area contributed by atoms with Crippen LogP contribution in [-0.2, 0) is 20.7 Å². The second-order valence-corrected chi connectivity index (χ2v) is 7.11. The monoisotopic (exact) mass is 319 g/mol. The molecular weight excluding hydrogens is 294 g/mol. The Balaban J connectivity index is 1.25. The Morgan fingerprint density at radius 3 is 2.61 bits per heavy atom. The van der Waals surface area contributed by atoms with E-state index in [1.54, 1.807) is 0 Å². The summed E-state index contributed by atoms with van der Waals surface area (Å²) >= 11 is 0. The fraction of sp³-hybridized carbons (Fsp3) is 0.722. The van der Waals surface area contributed by atoms with Gasteiger partial charge in [0.2, 0.25) is 5.91 Å². The fourth-order valence-corrected chi connectivity index (χ4v) is 3.72. The van der Waals surface area contributed by atoms with Crippen LogP contribution in [0.1, 0.15) is 50.0 Å². The summed E-state index contributed by atoms with van der Waals surface area (Å²) in [5, 5.41) is 0. The second kappa shape index (κ2) is 5.95. The number of furan rings is 1. The van der Waals surface area contributed by atoms with Crippen LogP contribution in [0.4, 0.5) is 0 Å². The molecule has 3 fully saturated rings. The molecule has 2 aliphatic heterocycles. The predicted octanol–water partition coefficient (Wildman–Crippen LogP) is 2.70. The van der Waals surface area contributed by atoms with Crippen LogP contribution in [-0.4, -0.2) is 42.9 Å². The largest absolute Gasteiger partial charge is 0.466 e. The van der Waals surface area contributed by atoms with Crippen LogP contribution < -0.4 is 0 Å². The van der Waals surface area contributed by atoms with E-state index in [9.17, 15) is 4.79 Å². The summed E-state index contributed by atoms with van der Waals surface area (Å²) in [5.74, 6) is 3.17. The summed E-state index contributed by atoms with van der Waals surface area (Å²) in [4.78, 5) is 14.3. The summed E-state index contributed by atoms with van der Waals surface area (Å²) in [6, 6.07) is 4.10. The molecule has 5 nitrogen and oxygen atoms in total. The maximum Gasteiger partial charge on any atom is 0.223 e. The Labute approximate surface area is 136 Å². The first-order valence-electron chi connectivity index (χ1n) is 8.79. The number of carbonyl (C=O) groups is 1. The first-order chi connectivity index (χ1) is 11.2. The van der Waals surface area contributed by atoms with Crippen molar-refractivity contribution in [1.29, 1.82) is 0 Å². The van der Waals surface area contributed by atoms with Crippen LogP contribution in [0.3, 0.4) is 0 Å². The van der Waals surface area contributed by atoms with E-state index in [-0.39, 0.29) is 5.91 Å². The predicted molar refractivity (Wildman–Crippen MR) is 84.0 cm³/mol. The molecule has 1 amide bonds. The molecular formula is C18H25NO4. The van der Waals surface area contributed by atoms with Crippen molar-refractivity contribution in [2.45, 2.75) is 50.7 Å². The van der Waals surface area contributed by atoms with Crippen molar-refractivity contribution in [2.75, 3.05) is 26.3 Å². The second-order valence-electron chi connectivity index (χ2n) is 7.11. The van der Waals surface area contributed by atoms with Crippen LogP contribution in [0.15, 0.2) is 16.5 Å². The van der Waals surface area contributed by atoms with E-state index >= 15 is 0 Å². The van der Waals surface area contributed by atoms with Crippen molar-refractivity contribution in [2.24, 2.45) is 5.92 Å². The number of hydrogen-bond donors (Lipinski definition) is 0. The Morgan fingerprint density at radius 2 is 1.96 bits per heavy atom. The van der Waals surface area contributed by atoms with Crippen molar-refractivity contribution >= 4 is 5.91 Å². The molecule has 23 heavy (non-hydrogen) atoms. The molecule has 3 aliphatic rings. The van der Waals surface area contributed by atoms with Gasteiger partial charge in [0.15, 0.2) is 5.79 Å². The molecule has 1 aromatic rings. The summed E-state index contributed by atoms with van der Waals surface area (Å²) in [5.41, 5.74) is 0. The van der Waals surface area contributed by atoms with E-state index in [2.05, 4.69) is 13.0 Å². The summed E-state index contributed by atoms with van der Waals surface area (Å²) in [7, 11) is 0. The van der Waals surface area contributed by atoms with Crippen molar-refractivity contribution in [3.05, 3.63) is 23.7 Å². The molecule has 0 aromatic carbocycles. The minimum absolute atomic E-state index is 0.204. The quantitative estimate of drug-likeness (QED) is 0.856. The van der Waals surface area contributed by atoms with Gasteiger partial charge < -0.3 is 18.8 Å². The molecule has 1 aliphatic carbocycles. The van der Waals surface area contributed by atoms with Gasteiger partial charge in [0.25, 0.3) is 0 Å².